The Morgan fingerprint density at radius 1 is 1.00 bits per heavy atom. The zero-order valence-electron chi connectivity index (χ0n) is 14.8. The van der Waals surface area contributed by atoms with Crippen LogP contribution >= 0.6 is 11.8 Å². The van der Waals surface area contributed by atoms with Crippen LogP contribution in [0.25, 0.3) is 11.5 Å². The molecule has 3 aromatic rings. The number of nitrogens with zero attached hydrogens (tertiary/aromatic N) is 3. The maximum atomic E-state index is 8.78. The van der Waals surface area contributed by atoms with Crippen LogP contribution in [0.15, 0.2) is 52.1 Å². The van der Waals surface area contributed by atoms with E-state index in [1.807, 2.05) is 0 Å². The van der Waals surface area contributed by atoms with Gasteiger partial charge in [-0.25, -0.2) is 0 Å². The van der Waals surface area contributed by atoms with E-state index in [1.54, 1.807) is 56.7 Å². The van der Waals surface area contributed by atoms with Gasteiger partial charge in [-0.1, -0.05) is 11.8 Å². The molecular weight excluding hydrogens is 366 g/mol. The molecule has 0 unspecified atom stereocenters. The second kappa shape index (κ2) is 8.96. The van der Waals surface area contributed by atoms with Gasteiger partial charge in [0, 0.05) is 17.4 Å². The van der Waals surface area contributed by atoms with Crippen molar-refractivity contribution in [1.29, 1.82) is 5.26 Å². The van der Waals surface area contributed by atoms with Crippen molar-refractivity contribution in [3.63, 3.8) is 0 Å². The lowest BCUT2D eigenvalue weighted by Gasteiger charge is -2.05. The topological polar surface area (TPSA) is 90.4 Å². The highest BCUT2D eigenvalue weighted by atomic mass is 32.2. The average molecular weight is 383 g/mol. The minimum atomic E-state index is 0.391. The lowest BCUT2D eigenvalue weighted by molar-refractivity contribution is 0.343. The molecule has 27 heavy (non-hydrogen) atoms. The van der Waals surface area contributed by atoms with Crippen LogP contribution in [0.4, 0.5) is 0 Å². The van der Waals surface area contributed by atoms with E-state index in [-0.39, 0.29) is 0 Å². The van der Waals surface area contributed by atoms with Crippen LogP contribution in [0.3, 0.4) is 0 Å². The fourth-order valence-electron chi connectivity index (χ4n) is 2.23. The zero-order chi connectivity index (χ0) is 19.1. The minimum Gasteiger partial charge on any atom is -0.497 e. The van der Waals surface area contributed by atoms with E-state index in [9.17, 15) is 0 Å². The van der Waals surface area contributed by atoms with Crippen LogP contribution in [0.2, 0.25) is 0 Å². The Kier molecular flexibility index (Phi) is 6.18. The number of methoxy groups -OCH3 is 2. The Bertz CT molecular complexity index is 913. The highest BCUT2D eigenvalue weighted by Gasteiger charge is 2.12. The summed E-state index contributed by atoms with van der Waals surface area (Å²) in [4.78, 5) is 0. The van der Waals surface area contributed by atoms with Crippen molar-refractivity contribution in [2.24, 2.45) is 0 Å². The van der Waals surface area contributed by atoms with Crippen molar-refractivity contribution in [3.8, 4) is 34.8 Å². The number of nitriles is 1. The molecular formula is C19H17N3O4S. The van der Waals surface area contributed by atoms with Crippen molar-refractivity contribution in [2.45, 2.75) is 5.22 Å². The zero-order valence-corrected chi connectivity index (χ0v) is 15.7. The van der Waals surface area contributed by atoms with Crippen LogP contribution in [0.1, 0.15) is 5.56 Å². The van der Waals surface area contributed by atoms with Gasteiger partial charge in [0.1, 0.15) is 17.2 Å². The van der Waals surface area contributed by atoms with E-state index in [0.717, 1.165) is 5.56 Å². The second-order valence-corrected chi connectivity index (χ2v) is 6.35. The summed E-state index contributed by atoms with van der Waals surface area (Å²) in [6.07, 6.45) is 0. The molecule has 0 N–H and O–H groups in total. The number of ether oxygens (including phenoxy) is 3. The molecule has 3 rings (SSSR count). The van der Waals surface area contributed by atoms with E-state index >= 15 is 0 Å². The Labute approximate surface area is 160 Å². The van der Waals surface area contributed by atoms with Crippen molar-refractivity contribution in [2.75, 3.05) is 26.6 Å². The van der Waals surface area contributed by atoms with Gasteiger partial charge in [-0.3, -0.25) is 0 Å². The van der Waals surface area contributed by atoms with Crippen molar-refractivity contribution >= 4 is 11.8 Å². The van der Waals surface area contributed by atoms with Gasteiger partial charge >= 0.3 is 0 Å². The first kappa shape index (κ1) is 18.6. The van der Waals surface area contributed by atoms with Gasteiger partial charge < -0.3 is 18.6 Å². The average Bonchev–Trinajstić information content (AvgIpc) is 3.20. The van der Waals surface area contributed by atoms with Gasteiger partial charge in [-0.2, -0.15) is 5.26 Å². The summed E-state index contributed by atoms with van der Waals surface area (Å²) < 4.78 is 21.8. The molecule has 7 nitrogen and oxygen atoms in total. The normalized spacial score (nSPS) is 10.3. The van der Waals surface area contributed by atoms with E-state index in [2.05, 4.69) is 16.3 Å². The van der Waals surface area contributed by atoms with Crippen LogP contribution in [-0.4, -0.2) is 36.8 Å². The van der Waals surface area contributed by atoms with Gasteiger partial charge in [0.25, 0.3) is 5.22 Å². The second-order valence-electron chi connectivity index (χ2n) is 5.31. The van der Waals surface area contributed by atoms with Gasteiger partial charge in [0.2, 0.25) is 5.89 Å². The Balaban J connectivity index is 1.56. The largest absolute Gasteiger partial charge is 0.497 e. The smallest absolute Gasteiger partial charge is 0.276 e. The lowest BCUT2D eigenvalue weighted by Crippen LogP contribution is -1.99. The lowest BCUT2D eigenvalue weighted by atomic mass is 10.2. The monoisotopic (exact) mass is 383 g/mol. The van der Waals surface area contributed by atoms with Crippen molar-refractivity contribution in [3.05, 3.63) is 48.0 Å². The summed E-state index contributed by atoms with van der Waals surface area (Å²) in [5.74, 6) is 3.04. The molecule has 0 aliphatic heterocycles. The number of rotatable bonds is 8. The fraction of sp³-hybridized carbons (Fsp3) is 0.211. The predicted octanol–water partition coefficient (Wildman–Crippen LogP) is 3.80. The summed E-state index contributed by atoms with van der Waals surface area (Å²) in [7, 11) is 3.17. The molecule has 0 amide bonds. The maximum Gasteiger partial charge on any atom is 0.276 e. The quantitative estimate of drug-likeness (QED) is 0.429. The molecule has 0 saturated carbocycles. The molecule has 1 aromatic heterocycles. The molecule has 0 fully saturated rings. The molecule has 0 bridgehead atoms. The molecule has 0 aliphatic rings. The number of benzene rings is 2. The van der Waals surface area contributed by atoms with Crippen molar-refractivity contribution in [1.82, 2.24) is 10.2 Å². The van der Waals surface area contributed by atoms with E-state index in [4.69, 9.17) is 23.9 Å². The molecule has 0 aliphatic carbocycles. The summed E-state index contributed by atoms with van der Waals surface area (Å²) in [5.41, 5.74) is 1.32. The summed E-state index contributed by atoms with van der Waals surface area (Å²) in [5, 5.41) is 17.4. The van der Waals surface area contributed by atoms with Crippen LogP contribution in [0.5, 0.6) is 17.2 Å². The molecule has 8 heteroatoms. The van der Waals surface area contributed by atoms with Crippen LogP contribution < -0.4 is 14.2 Å². The van der Waals surface area contributed by atoms with Crippen LogP contribution in [-0.2, 0) is 0 Å². The van der Waals surface area contributed by atoms with E-state index in [0.29, 0.717) is 46.3 Å². The third kappa shape index (κ3) is 4.92. The third-order valence-corrected chi connectivity index (χ3v) is 4.35. The Morgan fingerprint density at radius 3 is 2.33 bits per heavy atom. The first-order valence-corrected chi connectivity index (χ1v) is 9.03. The molecule has 0 saturated heterocycles. The predicted molar refractivity (Wildman–Crippen MR) is 100 cm³/mol. The minimum absolute atomic E-state index is 0.391. The number of aromatic nitrogens is 2. The van der Waals surface area contributed by atoms with Gasteiger partial charge in [-0.15, -0.1) is 10.2 Å². The van der Waals surface area contributed by atoms with Crippen LogP contribution in [0, 0.1) is 11.3 Å². The highest BCUT2D eigenvalue weighted by Crippen LogP contribution is 2.30. The SMILES string of the molecule is COc1cc(OC)cc(-c2nnc(SCCOc3ccc(C#N)cc3)o2)c1. The highest BCUT2D eigenvalue weighted by molar-refractivity contribution is 7.99. The van der Waals surface area contributed by atoms with E-state index < -0.39 is 0 Å². The standard InChI is InChI=1S/C19H17N3O4S/c1-23-16-9-14(10-17(11-16)24-2)18-21-22-19(26-18)27-8-7-25-15-5-3-13(12-20)4-6-15/h3-6,9-11H,7-8H2,1-2H3. The van der Waals surface area contributed by atoms with Gasteiger partial charge in [0.15, 0.2) is 0 Å². The molecule has 2 aromatic carbocycles. The maximum absolute atomic E-state index is 8.78. The molecule has 0 spiro atoms. The first-order chi connectivity index (χ1) is 13.2. The summed E-state index contributed by atoms with van der Waals surface area (Å²) in [6, 6.07) is 14.4. The number of hydrogen-bond donors (Lipinski definition) is 0. The van der Waals surface area contributed by atoms with Gasteiger partial charge in [0.05, 0.1) is 32.5 Å². The Hall–Kier alpha value is -3.18. The summed E-state index contributed by atoms with van der Waals surface area (Å²) in [6.45, 7) is 0.473. The Morgan fingerprint density at radius 2 is 1.70 bits per heavy atom. The fourth-order valence-corrected chi connectivity index (χ4v) is 2.81. The first-order valence-electron chi connectivity index (χ1n) is 8.04. The molecule has 138 valence electrons. The van der Waals surface area contributed by atoms with E-state index in [1.165, 1.54) is 11.8 Å². The van der Waals surface area contributed by atoms with Crippen molar-refractivity contribution < 1.29 is 18.6 Å². The van der Waals surface area contributed by atoms with Gasteiger partial charge in [-0.05, 0) is 36.4 Å². The number of thioether (sulfide) groups is 1. The molecule has 0 atom stereocenters. The molecule has 1 heterocycles. The summed E-state index contributed by atoms with van der Waals surface area (Å²) >= 11 is 1.40. The number of hydrogen-bond acceptors (Lipinski definition) is 8. The third-order valence-electron chi connectivity index (χ3n) is 3.57. The molecule has 0 radical (unpaired) electrons.